The van der Waals surface area contributed by atoms with Crippen LogP contribution in [0.5, 0.6) is 0 Å². The molecular formula is C28H54O6Si2. The highest BCUT2D eigenvalue weighted by molar-refractivity contribution is 6.74. The molecule has 0 aromatic rings. The molecule has 36 heavy (non-hydrogen) atoms. The van der Waals surface area contributed by atoms with E-state index in [4.69, 9.17) is 18.3 Å². The van der Waals surface area contributed by atoms with Gasteiger partial charge in [-0.2, -0.15) is 0 Å². The number of hydrogen-bond donors (Lipinski definition) is 0. The average Bonchev–Trinajstić information content (AvgIpc) is 2.71. The Morgan fingerprint density at radius 3 is 1.22 bits per heavy atom. The highest BCUT2D eigenvalue weighted by atomic mass is 28.4. The Hall–Kier alpha value is -1.23. The van der Waals surface area contributed by atoms with Gasteiger partial charge in [-0.15, -0.1) is 0 Å². The molecular weight excluding hydrogens is 488 g/mol. The summed E-state index contributed by atoms with van der Waals surface area (Å²) in [7, 11) is -4.19. The number of ether oxygens (including phenoxy) is 2. The van der Waals surface area contributed by atoms with Crippen LogP contribution in [-0.4, -0.2) is 54.0 Å². The smallest absolute Gasteiger partial charge is 0.330 e. The topological polar surface area (TPSA) is 71.1 Å². The van der Waals surface area contributed by atoms with Crippen LogP contribution < -0.4 is 0 Å². The van der Waals surface area contributed by atoms with Crippen molar-refractivity contribution in [3.8, 4) is 0 Å². The van der Waals surface area contributed by atoms with Crippen molar-refractivity contribution < 1.29 is 27.9 Å². The second kappa shape index (κ2) is 15.2. The Morgan fingerprint density at radius 2 is 0.972 bits per heavy atom. The minimum absolute atomic E-state index is 0.0529. The lowest BCUT2D eigenvalue weighted by Crippen LogP contribution is -2.51. The molecule has 0 aromatic heterocycles. The summed E-state index contributed by atoms with van der Waals surface area (Å²) in [5, 5.41) is 0.106. The quantitative estimate of drug-likeness (QED) is 0.121. The number of esters is 2. The van der Waals surface area contributed by atoms with Gasteiger partial charge in [0, 0.05) is 12.2 Å². The maximum Gasteiger partial charge on any atom is 0.330 e. The molecule has 6 nitrogen and oxygen atoms in total. The molecule has 8 heteroatoms. The summed E-state index contributed by atoms with van der Waals surface area (Å²) < 4.78 is 24.0. The van der Waals surface area contributed by atoms with Crippen molar-refractivity contribution in [3.63, 3.8) is 0 Å². The summed E-state index contributed by atoms with van der Waals surface area (Å²) in [5.41, 5.74) is 0. The maximum atomic E-state index is 11.8. The van der Waals surface area contributed by atoms with E-state index >= 15 is 0 Å². The molecule has 0 N–H and O–H groups in total. The predicted molar refractivity (Wildman–Crippen MR) is 154 cm³/mol. The Morgan fingerprint density at radius 1 is 0.667 bits per heavy atom. The molecule has 0 rings (SSSR count). The van der Waals surface area contributed by atoms with E-state index in [-0.39, 0.29) is 34.2 Å². The van der Waals surface area contributed by atoms with Gasteiger partial charge in [0.25, 0.3) is 0 Å². The first-order chi connectivity index (χ1) is 16.4. The Bertz CT molecular complexity index is 667. The lowest BCUT2D eigenvalue weighted by atomic mass is 10.0. The van der Waals surface area contributed by atoms with Crippen LogP contribution in [0.1, 0.15) is 81.1 Å². The molecule has 0 fully saturated rings. The molecule has 0 amide bonds. The fourth-order valence-electron chi connectivity index (χ4n) is 3.01. The summed E-state index contributed by atoms with van der Waals surface area (Å²) in [5.74, 6) is -0.643. The van der Waals surface area contributed by atoms with E-state index in [0.717, 1.165) is 12.8 Å². The van der Waals surface area contributed by atoms with E-state index in [1.165, 1.54) is 12.2 Å². The van der Waals surface area contributed by atoms with Crippen LogP contribution in [0.2, 0.25) is 36.3 Å². The van der Waals surface area contributed by atoms with Gasteiger partial charge in [-0.25, -0.2) is 9.59 Å². The molecule has 0 aliphatic rings. The largest absolute Gasteiger partial charge is 0.463 e. The zero-order chi connectivity index (χ0) is 28.2. The molecule has 0 aliphatic heterocycles. The monoisotopic (exact) mass is 542 g/mol. The van der Waals surface area contributed by atoms with E-state index in [2.05, 4.69) is 67.7 Å². The summed E-state index contributed by atoms with van der Waals surface area (Å²) >= 11 is 0. The molecule has 0 spiro atoms. The van der Waals surface area contributed by atoms with Crippen LogP contribution in [0, 0.1) is 0 Å². The zero-order valence-electron chi connectivity index (χ0n) is 25.2. The number of carbonyl (C=O) groups excluding carboxylic acids is 2. The molecule has 0 unspecified atom stereocenters. The molecule has 0 saturated heterocycles. The minimum atomic E-state index is -2.10. The molecule has 0 bridgehead atoms. The van der Waals surface area contributed by atoms with Gasteiger partial charge in [-0.1, -0.05) is 53.7 Å². The third-order valence-corrected chi connectivity index (χ3v) is 16.2. The van der Waals surface area contributed by atoms with E-state index in [9.17, 15) is 9.59 Å². The zero-order valence-corrected chi connectivity index (χ0v) is 27.2. The molecule has 0 radical (unpaired) electrons. The van der Waals surface area contributed by atoms with Crippen LogP contribution >= 0.6 is 0 Å². The van der Waals surface area contributed by atoms with Gasteiger partial charge in [0.15, 0.2) is 16.6 Å². The lowest BCUT2D eigenvalue weighted by molar-refractivity contribution is -0.138. The van der Waals surface area contributed by atoms with Gasteiger partial charge in [0.05, 0.1) is 25.4 Å². The van der Waals surface area contributed by atoms with Crippen LogP contribution in [0.3, 0.4) is 0 Å². The highest BCUT2D eigenvalue weighted by Gasteiger charge is 2.44. The normalized spacial score (nSPS) is 15.3. The third-order valence-electron chi connectivity index (χ3n) is 7.24. The number of hydrogen-bond acceptors (Lipinski definition) is 6. The van der Waals surface area contributed by atoms with Gasteiger partial charge < -0.3 is 18.3 Å². The van der Waals surface area contributed by atoms with Crippen LogP contribution in [0.25, 0.3) is 0 Å². The van der Waals surface area contributed by atoms with Crippen LogP contribution in [0.4, 0.5) is 0 Å². The first-order valence-corrected chi connectivity index (χ1v) is 19.2. The second-order valence-electron chi connectivity index (χ2n) is 12.3. The fraction of sp³-hybridized carbons (Fsp3) is 0.786. The summed E-state index contributed by atoms with van der Waals surface area (Å²) in [6, 6.07) is 0. The van der Waals surface area contributed by atoms with Gasteiger partial charge in [-0.3, -0.25) is 0 Å². The first kappa shape index (κ1) is 34.8. The number of rotatable bonds is 15. The number of carbonyl (C=O) groups is 2. The molecule has 0 aliphatic carbocycles. The van der Waals surface area contributed by atoms with Gasteiger partial charge in [0.1, 0.15) is 0 Å². The summed E-state index contributed by atoms with van der Waals surface area (Å²) in [4.78, 5) is 23.5. The number of allylic oxidation sites excluding steroid dienone is 2. The van der Waals surface area contributed by atoms with Crippen molar-refractivity contribution >= 4 is 28.6 Å². The SMILES string of the molecule is CCOC(=O)/C=C/CC[C@@H](O[Si](C)(C)C(C)(C)C)[C@@H](CC/C=C/C(=O)OCC)O[Si](C)(C)C(C)(C)C. The molecule has 0 heterocycles. The maximum absolute atomic E-state index is 11.8. The standard InChI is InChI=1S/C28H54O6Si2/c1-13-31-25(29)21-17-15-19-23(33-35(9,10)27(3,4)5)24(34-36(11,12)28(6,7)8)20-16-18-22-26(30)32-14-2/h17-18,21-24H,13-16,19-20H2,1-12H3/b21-17+,22-18+/t23-,24-/m1/s1. The van der Waals surface area contributed by atoms with E-state index < -0.39 is 16.6 Å². The van der Waals surface area contributed by atoms with Crippen molar-refractivity contribution in [1.29, 1.82) is 0 Å². The van der Waals surface area contributed by atoms with Crippen molar-refractivity contribution in [2.24, 2.45) is 0 Å². The molecule has 210 valence electrons. The summed E-state index contributed by atoms with van der Waals surface area (Å²) in [6.07, 6.45) is 9.34. The lowest BCUT2D eigenvalue weighted by Gasteiger charge is -2.45. The highest BCUT2D eigenvalue weighted by Crippen LogP contribution is 2.41. The minimum Gasteiger partial charge on any atom is -0.463 e. The molecule has 0 saturated carbocycles. The Kier molecular flexibility index (Phi) is 14.7. The van der Waals surface area contributed by atoms with E-state index in [0.29, 0.717) is 26.1 Å². The van der Waals surface area contributed by atoms with Crippen molar-refractivity contribution in [1.82, 2.24) is 0 Å². The van der Waals surface area contributed by atoms with Gasteiger partial charge in [0.2, 0.25) is 0 Å². The predicted octanol–water partition coefficient (Wildman–Crippen LogP) is 7.57. The Balaban J connectivity index is 5.97. The van der Waals surface area contributed by atoms with Crippen molar-refractivity contribution in [2.75, 3.05) is 13.2 Å². The molecule has 2 atom stereocenters. The van der Waals surface area contributed by atoms with E-state index in [1.54, 1.807) is 13.8 Å². The van der Waals surface area contributed by atoms with Gasteiger partial charge >= 0.3 is 11.9 Å². The van der Waals surface area contributed by atoms with Crippen molar-refractivity contribution in [3.05, 3.63) is 24.3 Å². The third kappa shape index (κ3) is 12.8. The van der Waals surface area contributed by atoms with Crippen LogP contribution in [-0.2, 0) is 27.9 Å². The second-order valence-corrected chi connectivity index (χ2v) is 21.8. The van der Waals surface area contributed by atoms with E-state index in [1.807, 2.05) is 12.2 Å². The van der Waals surface area contributed by atoms with Crippen molar-refractivity contribution in [2.45, 2.75) is 130 Å². The summed E-state index contributed by atoms with van der Waals surface area (Å²) in [6.45, 7) is 26.8. The van der Waals surface area contributed by atoms with Crippen LogP contribution in [0.15, 0.2) is 24.3 Å². The van der Waals surface area contributed by atoms with Gasteiger partial charge in [-0.05, 0) is 75.8 Å². The first-order valence-electron chi connectivity index (χ1n) is 13.4. The average molecular weight is 543 g/mol. The molecule has 0 aromatic carbocycles. The fourth-order valence-corrected chi connectivity index (χ4v) is 5.77. The Labute approximate surface area is 223 Å².